The Morgan fingerprint density at radius 1 is 1.37 bits per heavy atom. The van der Waals surface area contributed by atoms with Crippen LogP contribution in [0.25, 0.3) is 0 Å². The van der Waals surface area contributed by atoms with Gasteiger partial charge >= 0.3 is 0 Å². The molecule has 2 unspecified atom stereocenters. The zero-order valence-electron chi connectivity index (χ0n) is 11.5. The van der Waals surface area contributed by atoms with E-state index in [-0.39, 0.29) is 5.41 Å². The third-order valence-electron chi connectivity index (χ3n) is 4.58. The molecule has 0 bridgehead atoms. The molecule has 0 amide bonds. The van der Waals surface area contributed by atoms with Crippen LogP contribution in [-0.4, -0.2) is 26.3 Å². The predicted molar refractivity (Wildman–Crippen MR) is 81.3 cm³/mol. The molecule has 2 nitrogen and oxygen atoms in total. The minimum Gasteiger partial charge on any atom is -0.377 e. The van der Waals surface area contributed by atoms with Crippen molar-refractivity contribution in [3.63, 3.8) is 0 Å². The quantitative estimate of drug-likeness (QED) is 0.896. The van der Waals surface area contributed by atoms with Crippen molar-refractivity contribution < 1.29 is 4.74 Å². The molecule has 1 aliphatic carbocycles. The van der Waals surface area contributed by atoms with Crippen molar-refractivity contribution in [3.8, 4) is 0 Å². The standard InChI is InChI=1S/C16H22BrNO/c1-18-11-16(8-9-19-15(16)12-6-7-12)10-13-4-2-3-5-14(13)17/h2-5,12,15,18H,6-11H2,1H3. The smallest absolute Gasteiger partial charge is 0.0675 e. The van der Waals surface area contributed by atoms with Gasteiger partial charge in [0.05, 0.1) is 6.10 Å². The number of halogens is 1. The Kier molecular flexibility index (Phi) is 3.97. The lowest BCUT2D eigenvalue weighted by atomic mass is 9.74. The Morgan fingerprint density at radius 3 is 2.84 bits per heavy atom. The van der Waals surface area contributed by atoms with Crippen molar-refractivity contribution in [2.24, 2.45) is 11.3 Å². The van der Waals surface area contributed by atoms with E-state index in [9.17, 15) is 0 Å². The number of ether oxygens (including phenoxy) is 1. The zero-order valence-corrected chi connectivity index (χ0v) is 13.1. The Balaban J connectivity index is 1.85. The van der Waals surface area contributed by atoms with Gasteiger partial charge in [-0.1, -0.05) is 34.1 Å². The first kappa shape index (κ1) is 13.6. The van der Waals surface area contributed by atoms with Crippen molar-refractivity contribution in [1.29, 1.82) is 0 Å². The van der Waals surface area contributed by atoms with Gasteiger partial charge in [0, 0.05) is 23.0 Å². The van der Waals surface area contributed by atoms with Gasteiger partial charge in [-0.3, -0.25) is 0 Å². The third-order valence-corrected chi connectivity index (χ3v) is 5.35. The number of benzene rings is 1. The molecular weight excluding hydrogens is 302 g/mol. The topological polar surface area (TPSA) is 21.3 Å². The van der Waals surface area contributed by atoms with Crippen LogP contribution in [0.5, 0.6) is 0 Å². The molecule has 0 spiro atoms. The molecule has 2 atom stereocenters. The van der Waals surface area contributed by atoms with Crippen molar-refractivity contribution >= 4 is 15.9 Å². The Labute approximate surface area is 124 Å². The lowest BCUT2D eigenvalue weighted by Crippen LogP contribution is -2.42. The molecule has 3 heteroatoms. The Hall–Kier alpha value is -0.380. The molecule has 1 saturated heterocycles. The van der Waals surface area contributed by atoms with Crippen molar-refractivity contribution in [3.05, 3.63) is 34.3 Å². The summed E-state index contributed by atoms with van der Waals surface area (Å²) in [7, 11) is 2.06. The molecule has 0 aromatic heterocycles. The van der Waals surface area contributed by atoms with Gasteiger partial charge in [0.2, 0.25) is 0 Å². The predicted octanol–water partition coefficient (Wildman–Crippen LogP) is 3.40. The molecule has 2 fully saturated rings. The van der Waals surface area contributed by atoms with E-state index in [1.54, 1.807) is 0 Å². The van der Waals surface area contributed by atoms with Gasteiger partial charge in [0.25, 0.3) is 0 Å². The van der Waals surface area contributed by atoms with Crippen LogP contribution in [0.4, 0.5) is 0 Å². The molecule has 1 aromatic carbocycles. The van der Waals surface area contributed by atoms with E-state index >= 15 is 0 Å². The van der Waals surface area contributed by atoms with Gasteiger partial charge in [0.1, 0.15) is 0 Å². The first-order valence-electron chi connectivity index (χ1n) is 7.25. The molecule has 104 valence electrons. The van der Waals surface area contributed by atoms with E-state index in [4.69, 9.17) is 4.74 Å². The lowest BCUT2D eigenvalue weighted by Gasteiger charge is -2.35. The first-order chi connectivity index (χ1) is 9.25. The largest absolute Gasteiger partial charge is 0.377 e. The van der Waals surface area contributed by atoms with Crippen LogP contribution < -0.4 is 5.32 Å². The normalized spacial score (nSPS) is 30.7. The van der Waals surface area contributed by atoms with Crippen LogP contribution in [0.15, 0.2) is 28.7 Å². The summed E-state index contributed by atoms with van der Waals surface area (Å²) >= 11 is 3.69. The minimum absolute atomic E-state index is 0.278. The van der Waals surface area contributed by atoms with Crippen LogP contribution in [0, 0.1) is 11.3 Å². The molecule has 2 aliphatic rings. The van der Waals surface area contributed by atoms with Crippen LogP contribution in [0.1, 0.15) is 24.8 Å². The monoisotopic (exact) mass is 323 g/mol. The van der Waals surface area contributed by atoms with Gasteiger partial charge in [-0.15, -0.1) is 0 Å². The van der Waals surface area contributed by atoms with E-state index in [1.807, 2.05) is 0 Å². The van der Waals surface area contributed by atoms with E-state index in [1.165, 1.54) is 29.3 Å². The van der Waals surface area contributed by atoms with Gasteiger partial charge in [-0.2, -0.15) is 0 Å². The zero-order chi connectivity index (χ0) is 13.3. The van der Waals surface area contributed by atoms with Crippen LogP contribution in [-0.2, 0) is 11.2 Å². The number of hydrogen-bond donors (Lipinski definition) is 1. The molecule has 1 aromatic rings. The van der Waals surface area contributed by atoms with Crippen LogP contribution >= 0.6 is 15.9 Å². The highest BCUT2D eigenvalue weighted by Crippen LogP contribution is 2.49. The maximum atomic E-state index is 6.10. The van der Waals surface area contributed by atoms with E-state index in [0.717, 1.165) is 25.5 Å². The van der Waals surface area contributed by atoms with Crippen LogP contribution in [0.2, 0.25) is 0 Å². The van der Waals surface area contributed by atoms with E-state index in [0.29, 0.717) is 6.10 Å². The Bertz CT molecular complexity index is 446. The molecular formula is C16H22BrNO. The third kappa shape index (κ3) is 2.74. The fourth-order valence-electron chi connectivity index (χ4n) is 3.56. The Morgan fingerprint density at radius 2 is 2.16 bits per heavy atom. The fraction of sp³-hybridized carbons (Fsp3) is 0.625. The van der Waals surface area contributed by atoms with Gasteiger partial charge in [-0.05, 0) is 50.3 Å². The molecule has 1 heterocycles. The highest BCUT2D eigenvalue weighted by molar-refractivity contribution is 9.10. The molecule has 19 heavy (non-hydrogen) atoms. The highest BCUT2D eigenvalue weighted by Gasteiger charge is 2.50. The SMILES string of the molecule is CNCC1(Cc2ccccc2Br)CCOC1C1CC1. The summed E-state index contributed by atoms with van der Waals surface area (Å²) in [6, 6.07) is 8.60. The highest BCUT2D eigenvalue weighted by atomic mass is 79.9. The molecule has 1 N–H and O–H groups in total. The first-order valence-corrected chi connectivity index (χ1v) is 8.04. The summed E-state index contributed by atoms with van der Waals surface area (Å²) in [5, 5.41) is 3.41. The summed E-state index contributed by atoms with van der Waals surface area (Å²) in [5.74, 6) is 0.804. The van der Waals surface area contributed by atoms with Crippen LogP contribution in [0.3, 0.4) is 0 Å². The molecule has 1 saturated carbocycles. The second kappa shape index (κ2) is 5.55. The summed E-state index contributed by atoms with van der Waals surface area (Å²) in [4.78, 5) is 0. The maximum Gasteiger partial charge on any atom is 0.0675 e. The van der Waals surface area contributed by atoms with E-state index in [2.05, 4.69) is 52.6 Å². The molecule has 1 aliphatic heterocycles. The average molecular weight is 324 g/mol. The van der Waals surface area contributed by atoms with Gasteiger partial charge in [0.15, 0.2) is 0 Å². The second-order valence-electron chi connectivity index (χ2n) is 6.04. The summed E-state index contributed by atoms with van der Waals surface area (Å²) in [6.45, 7) is 1.98. The molecule has 0 radical (unpaired) electrons. The summed E-state index contributed by atoms with van der Waals surface area (Å²) < 4.78 is 7.33. The fourth-order valence-corrected chi connectivity index (χ4v) is 3.98. The lowest BCUT2D eigenvalue weighted by molar-refractivity contribution is 0.0314. The van der Waals surface area contributed by atoms with Gasteiger partial charge in [-0.25, -0.2) is 0 Å². The van der Waals surface area contributed by atoms with E-state index < -0.39 is 0 Å². The second-order valence-corrected chi connectivity index (χ2v) is 6.89. The minimum atomic E-state index is 0.278. The number of rotatable bonds is 5. The number of hydrogen-bond acceptors (Lipinski definition) is 2. The maximum absolute atomic E-state index is 6.10. The van der Waals surface area contributed by atoms with Crippen molar-refractivity contribution in [2.45, 2.75) is 31.8 Å². The van der Waals surface area contributed by atoms with Crippen molar-refractivity contribution in [1.82, 2.24) is 5.32 Å². The van der Waals surface area contributed by atoms with Crippen molar-refractivity contribution in [2.75, 3.05) is 20.2 Å². The summed E-state index contributed by atoms with van der Waals surface area (Å²) in [5.41, 5.74) is 1.69. The van der Waals surface area contributed by atoms with Gasteiger partial charge < -0.3 is 10.1 Å². The molecule has 3 rings (SSSR count). The number of nitrogens with one attached hydrogen (secondary N) is 1. The average Bonchev–Trinajstić information content (AvgIpc) is 3.16. The summed E-state index contributed by atoms with van der Waals surface area (Å²) in [6.07, 6.45) is 5.44.